The molecular formula is C8H14O5. The van der Waals surface area contributed by atoms with E-state index in [9.17, 15) is 9.59 Å². The highest BCUT2D eigenvalue weighted by molar-refractivity contribution is 5.69. The number of carbonyl (C=O) groups is 2. The molecule has 0 radical (unpaired) electrons. The predicted molar refractivity (Wildman–Crippen MR) is 44.1 cm³/mol. The molecule has 0 aromatic rings. The zero-order valence-electron chi connectivity index (χ0n) is 7.69. The summed E-state index contributed by atoms with van der Waals surface area (Å²) < 4.78 is 4.69. The van der Waals surface area contributed by atoms with Gasteiger partial charge in [0.25, 0.3) is 0 Å². The Balaban J connectivity index is 4.02. The van der Waals surface area contributed by atoms with Crippen molar-refractivity contribution in [2.24, 2.45) is 0 Å². The van der Waals surface area contributed by atoms with Gasteiger partial charge in [0.15, 0.2) is 0 Å². The van der Waals surface area contributed by atoms with Crippen molar-refractivity contribution in [1.82, 2.24) is 0 Å². The molecule has 0 aliphatic heterocycles. The molecule has 0 saturated heterocycles. The van der Waals surface area contributed by atoms with E-state index >= 15 is 0 Å². The van der Waals surface area contributed by atoms with Crippen LogP contribution in [-0.2, 0) is 14.3 Å². The predicted octanol–water partition coefficient (Wildman–Crippen LogP) is 0.164. The summed E-state index contributed by atoms with van der Waals surface area (Å²) in [6, 6.07) is 0. The van der Waals surface area contributed by atoms with Gasteiger partial charge < -0.3 is 14.9 Å². The van der Waals surface area contributed by atoms with Gasteiger partial charge in [-0.05, 0) is 6.92 Å². The van der Waals surface area contributed by atoms with E-state index in [0.29, 0.717) is 0 Å². The van der Waals surface area contributed by atoms with Gasteiger partial charge in [0.2, 0.25) is 0 Å². The average Bonchev–Trinajstić information content (AvgIpc) is 1.80. The number of carbonyl (C=O) groups excluding carboxylic acids is 1. The van der Waals surface area contributed by atoms with Gasteiger partial charge in [-0.15, -0.1) is 0 Å². The maximum Gasteiger partial charge on any atom is 0.307 e. The van der Waals surface area contributed by atoms with Crippen LogP contribution >= 0.6 is 0 Å². The number of esters is 1. The lowest BCUT2D eigenvalue weighted by atomic mass is 10.1. The Morgan fingerprint density at radius 3 is 2.31 bits per heavy atom. The first-order valence-electron chi connectivity index (χ1n) is 3.99. The molecule has 0 heterocycles. The maximum atomic E-state index is 10.5. The molecule has 5 nitrogen and oxygen atoms in total. The highest BCUT2D eigenvalue weighted by Gasteiger charge is 2.18. The van der Waals surface area contributed by atoms with E-state index in [1.54, 1.807) is 0 Å². The second-order valence-corrected chi connectivity index (χ2v) is 2.91. The Bertz CT molecular complexity index is 171. The molecule has 76 valence electrons. The van der Waals surface area contributed by atoms with E-state index in [0.717, 1.165) is 0 Å². The third kappa shape index (κ3) is 7.27. The lowest BCUT2D eigenvalue weighted by Crippen LogP contribution is -2.24. The van der Waals surface area contributed by atoms with E-state index in [2.05, 4.69) is 0 Å². The molecular weight excluding hydrogens is 176 g/mol. The zero-order chi connectivity index (χ0) is 10.4. The summed E-state index contributed by atoms with van der Waals surface area (Å²) in [5, 5.41) is 17.4. The second-order valence-electron chi connectivity index (χ2n) is 2.91. The molecule has 0 rings (SSSR count). The summed E-state index contributed by atoms with van der Waals surface area (Å²) in [7, 11) is 0. The molecule has 0 spiro atoms. The maximum absolute atomic E-state index is 10.5. The molecule has 0 aliphatic rings. The van der Waals surface area contributed by atoms with Gasteiger partial charge in [0.1, 0.15) is 6.10 Å². The van der Waals surface area contributed by atoms with Crippen LogP contribution < -0.4 is 0 Å². The molecule has 13 heavy (non-hydrogen) atoms. The van der Waals surface area contributed by atoms with E-state index < -0.39 is 24.1 Å². The quantitative estimate of drug-likeness (QED) is 0.603. The Morgan fingerprint density at radius 1 is 1.46 bits per heavy atom. The number of ether oxygens (including phenoxy) is 1. The smallest absolute Gasteiger partial charge is 0.307 e. The number of hydrogen-bond acceptors (Lipinski definition) is 4. The largest absolute Gasteiger partial charge is 0.481 e. The van der Waals surface area contributed by atoms with Crippen LogP contribution in [0, 0.1) is 0 Å². The van der Waals surface area contributed by atoms with Crippen LogP contribution in [-0.4, -0.2) is 34.4 Å². The Kier molecular flexibility index (Phi) is 5.06. The van der Waals surface area contributed by atoms with Gasteiger partial charge >= 0.3 is 11.9 Å². The SMILES string of the molecule is CC(=O)O[C@@H](CC(=O)O)CC(C)O. The lowest BCUT2D eigenvalue weighted by molar-refractivity contribution is -0.152. The molecule has 0 aliphatic carbocycles. The van der Waals surface area contributed by atoms with Crippen molar-refractivity contribution in [3.63, 3.8) is 0 Å². The number of aliphatic carboxylic acids is 1. The molecule has 0 saturated carbocycles. The first-order chi connectivity index (χ1) is 5.91. The van der Waals surface area contributed by atoms with E-state index in [4.69, 9.17) is 14.9 Å². The van der Waals surface area contributed by atoms with Gasteiger partial charge in [-0.25, -0.2) is 0 Å². The standard InChI is InChI=1S/C8H14O5/c1-5(9)3-7(4-8(11)12)13-6(2)10/h5,7,9H,3-4H2,1-2H3,(H,11,12)/t5?,7-/m1/s1. The molecule has 0 fully saturated rings. The molecule has 2 atom stereocenters. The minimum atomic E-state index is -1.05. The zero-order valence-corrected chi connectivity index (χ0v) is 7.69. The van der Waals surface area contributed by atoms with Gasteiger partial charge in [-0.2, -0.15) is 0 Å². The third-order valence-electron chi connectivity index (χ3n) is 1.34. The molecule has 0 amide bonds. The van der Waals surface area contributed by atoms with Gasteiger partial charge in [0.05, 0.1) is 12.5 Å². The fourth-order valence-electron chi connectivity index (χ4n) is 0.983. The van der Waals surface area contributed by atoms with Crippen LogP contribution in [0.2, 0.25) is 0 Å². The first-order valence-corrected chi connectivity index (χ1v) is 3.99. The minimum Gasteiger partial charge on any atom is -0.481 e. The lowest BCUT2D eigenvalue weighted by Gasteiger charge is -2.16. The van der Waals surface area contributed by atoms with Crippen molar-refractivity contribution in [2.45, 2.75) is 38.9 Å². The number of hydrogen-bond donors (Lipinski definition) is 2. The van der Waals surface area contributed by atoms with Crippen LogP contribution in [0.1, 0.15) is 26.7 Å². The van der Waals surface area contributed by atoms with E-state index in [-0.39, 0.29) is 12.8 Å². The van der Waals surface area contributed by atoms with Gasteiger partial charge in [-0.1, -0.05) is 0 Å². The number of aliphatic hydroxyl groups excluding tert-OH is 1. The normalized spacial score (nSPS) is 14.7. The van der Waals surface area contributed by atoms with Crippen molar-refractivity contribution in [1.29, 1.82) is 0 Å². The number of rotatable bonds is 5. The monoisotopic (exact) mass is 190 g/mol. The summed E-state index contributed by atoms with van der Waals surface area (Å²) in [5.41, 5.74) is 0. The number of carboxylic acids is 1. The van der Waals surface area contributed by atoms with Gasteiger partial charge in [-0.3, -0.25) is 9.59 Å². The van der Waals surface area contributed by atoms with Crippen molar-refractivity contribution < 1.29 is 24.5 Å². The van der Waals surface area contributed by atoms with Crippen molar-refractivity contribution in [3.05, 3.63) is 0 Å². The van der Waals surface area contributed by atoms with Crippen LogP contribution in [0.25, 0.3) is 0 Å². The summed E-state index contributed by atoms with van der Waals surface area (Å²) in [6.45, 7) is 2.72. The van der Waals surface area contributed by atoms with E-state index in [1.165, 1.54) is 13.8 Å². The topological polar surface area (TPSA) is 83.8 Å². The van der Waals surface area contributed by atoms with Crippen LogP contribution in [0.4, 0.5) is 0 Å². The van der Waals surface area contributed by atoms with Crippen LogP contribution in [0.5, 0.6) is 0 Å². The fraction of sp³-hybridized carbons (Fsp3) is 0.750. The molecule has 1 unspecified atom stereocenters. The molecule has 0 aromatic carbocycles. The molecule has 2 N–H and O–H groups in total. The Labute approximate surface area is 76.3 Å². The second kappa shape index (κ2) is 5.53. The van der Waals surface area contributed by atoms with Crippen molar-refractivity contribution >= 4 is 11.9 Å². The highest BCUT2D eigenvalue weighted by Crippen LogP contribution is 2.07. The van der Waals surface area contributed by atoms with Crippen molar-refractivity contribution in [3.8, 4) is 0 Å². The Morgan fingerprint density at radius 2 is 2.00 bits per heavy atom. The van der Waals surface area contributed by atoms with E-state index in [1.807, 2.05) is 0 Å². The summed E-state index contributed by atoms with van der Waals surface area (Å²) in [6.07, 6.45) is -1.55. The van der Waals surface area contributed by atoms with Crippen molar-refractivity contribution in [2.75, 3.05) is 0 Å². The number of aliphatic hydroxyl groups is 1. The summed E-state index contributed by atoms with van der Waals surface area (Å²) in [5.74, 6) is -1.58. The molecule has 0 bridgehead atoms. The van der Waals surface area contributed by atoms with Crippen LogP contribution in [0.15, 0.2) is 0 Å². The summed E-state index contributed by atoms with van der Waals surface area (Å²) in [4.78, 5) is 20.8. The first kappa shape index (κ1) is 11.9. The Hall–Kier alpha value is -1.10. The summed E-state index contributed by atoms with van der Waals surface area (Å²) >= 11 is 0. The molecule has 5 heteroatoms. The van der Waals surface area contributed by atoms with Gasteiger partial charge in [0, 0.05) is 13.3 Å². The number of carboxylic acid groups (broad SMARTS) is 1. The minimum absolute atomic E-state index is 0.145. The average molecular weight is 190 g/mol. The fourth-order valence-corrected chi connectivity index (χ4v) is 0.983. The van der Waals surface area contributed by atoms with Crippen LogP contribution in [0.3, 0.4) is 0 Å². The third-order valence-corrected chi connectivity index (χ3v) is 1.34. The highest BCUT2D eigenvalue weighted by atomic mass is 16.5. The molecule has 0 aromatic heterocycles.